The maximum absolute atomic E-state index is 5.61. The molecule has 1 aromatic heterocycles. The highest BCUT2D eigenvalue weighted by Crippen LogP contribution is 2.12. The molecular weight excluding hydrogens is 188 g/mol. The van der Waals surface area contributed by atoms with E-state index in [1.54, 1.807) is 6.20 Å². The largest absolute Gasteiger partial charge is 0.380 e. The van der Waals surface area contributed by atoms with Gasteiger partial charge < -0.3 is 10.5 Å². The molecule has 84 valence electrons. The van der Waals surface area contributed by atoms with E-state index in [9.17, 15) is 0 Å². The number of pyridine rings is 1. The van der Waals surface area contributed by atoms with Gasteiger partial charge in [0.25, 0.3) is 0 Å². The highest BCUT2D eigenvalue weighted by Gasteiger charge is 2.15. The summed E-state index contributed by atoms with van der Waals surface area (Å²) in [6.45, 7) is 6.27. The van der Waals surface area contributed by atoms with Crippen molar-refractivity contribution in [1.82, 2.24) is 4.98 Å². The first kappa shape index (κ1) is 12.1. The Balaban J connectivity index is 2.18. The van der Waals surface area contributed by atoms with Crippen LogP contribution in [0, 0.1) is 5.41 Å². The second kappa shape index (κ2) is 5.83. The molecule has 15 heavy (non-hydrogen) atoms. The minimum atomic E-state index is 0.0735. The molecule has 0 aliphatic heterocycles. The lowest BCUT2D eigenvalue weighted by Gasteiger charge is -2.21. The number of ether oxygens (including phenoxy) is 1. The monoisotopic (exact) mass is 208 g/mol. The Morgan fingerprint density at radius 3 is 2.80 bits per heavy atom. The van der Waals surface area contributed by atoms with Gasteiger partial charge in [-0.25, -0.2) is 0 Å². The first-order chi connectivity index (χ1) is 7.14. The van der Waals surface area contributed by atoms with E-state index in [1.165, 1.54) is 0 Å². The molecule has 1 heterocycles. The Morgan fingerprint density at radius 1 is 1.40 bits per heavy atom. The molecule has 0 fully saturated rings. The van der Waals surface area contributed by atoms with E-state index in [0.717, 1.165) is 12.1 Å². The van der Waals surface area contributed by atoms with Gasteiger partial charge in [-0.1, -0.05) is 19.9 Å². The molecule has 0 spiro atoms. The summed E-state index contributed by atoms with van der Waals surface area (Å²) in [7, 11) is 0. The van der Waals surface area contributed by atoms with Crippen molar-refractivity contribution in [2.75, 3.05) is 19.8 Å². The van der Waals surface area contributed by atoms with E-state index >= 15 is 0 Å². The van der Waals surface area contributed by atoms with Gasteiger partial charge in [0.2, 0.25) is 0 Å². The molecule has 3 nitrogen and oxygen atoms in total. The molecule has 0 aliphatic rings. The summed E-state index contributed by atoms with van der Waals surface area (Å²) in [6.07, 6.45) is 2.67. The zero-order chi connectivity index (χ0) is 11.1. The first-order valence-corrected chi connectivity index (χ1v) is 5.32. The summed E-state index contributed by atoms with van der Waals surface area (Å²) in [4.78, 5) is 4.23. The summed E-state index contributed by atoms with van der Waals surface area (Å²) in [5, 5.41) is 0. The second-order valence-corrected chi connectivity index (χ2v) is 4.49. The van der Waals surface area contributed by atoms with Crippen LogP contribution in [-0.2, 0) is 11.2 Å². The van der Waals surface area contributed by atoms with Crippen LogP contribution in [0.25, 0.3) is 0 Å². The van der Waals surface area contributed by atoms with Gasteiger partial charge in [-0.05, 0) is 18.7 Å². The summed E-state index contributed by atoms with van der Waals surface area (Å²) >= 11 is 0. The molecule has 0 saturated carbocycles. The number of rotatable bonds is 6. The normalized spacial score (nSPS) is 11.7. The van der Waals surface area contributed by atoms with Crippen LogP contribution in [0.2, 0.25) is 0 Å². The zero-order valence-electron chi connectivity index (χ0n) is 9.57. The maximum atomic E-state index is 5.61. The molecule has 0 unspecified atom stereocenters. The topological polar surface area (TPSA) is 48.1 Å². The number of aromatic nitrogens is 1. The van der Waals surface area contributed by atoms with Crippen LogP contribution in [0.4, 0.5) is 0 Å². The van der Waals surface area contributed by atoms with E-state index in [-0.39, 0.29) is 5.41 Å². The van der Waals surface area contributed by atoms with E-state index in [0.29, 0.717) is 19.8 Å². The van der Waals surface area contributed by atoms with Gasteiger partial charge >= 0.3 is 0 Å². The molecule has 0 bridgehead atoms. The van der Waals surface area contributed by atoms with Crippen LogP contribution in [0.15, 0.2) is 24.4 Å². The standard InChI is InChI=1S/C12H20N2O/c1-12(2,9-13)10-15-8-6-11-5-3-4-7-14-11/h3-5,7H,6,8-10,13H2,1-2H3. The fourth-order valence-electron chi connectivity index (χ4n) is 1.13. The average Bonchev–Trinajstić information content (AvgIpc) is 2.26. The minimum Gasteiger partial charge on any atom is -0.380 e. The molecule has 0 radical (unpaired) electrons. The summed E-state index contributed by atoms with van der Waals surface area (Å²) < 4.78 is 5.57. The van der Waals surface area contributed by atoms with Gasteiger partial charge in [0.15, 0.2) is 0 Å². The Bertz CT molecular complexity index is 272. The van der Waals surface area contributed by atoms with Gasteiger partial charge in [0.05, 0.1) is 13.2 Å². The maximum Gasteiger partial charge on any atom is 0.0529 e. The molecule has 0 amide bonds. The molecule has 1 rings (SSSR count). The Hall–Kier alpha value is -0.930. The highest BCUT2D eigenvalue weighted by molar-refractivity contribution is 5.03. The van der Waals surface area contributed by atoms with E-state index < -0.39 is 0 Å². The average molecular weight is 208 g/mol. The molecule has 1 aromatic rings. The van der Waals surface area contributed by atoms with Crippen molar-refractivity contribution in [3.05, 3.63) is 30.1 Å². The van der Waals surface area contributed by atoms with Crippen LogP contribution in [0.3, 0.4) is 0 Å². The molecule has 0 saturated heterocycles. The SMILES string of the molecule is CC(C)(CN)COCCc1ccccn1. The molecular formula is C12H20N2O. The number of nitrogens with zero attached hydrogens (tertiary/aromatic N) is 1. The second-order valence-electron chi connectivity index (χ2n) is 4.49. The van der Waals surface area contributed by atoms with Crippen LogP contribution >= 0.6 is 0 Å². The van der Waals surface area contributed by atoms with Crippen molar-refractivity contribution in [3.63, 3.8) is 0 Å². The Morgan fingerprint density at radius 2 is 2.20 bits per heavy atom. The lowest BCUT2D eigenvalue weighted by molar-refractivity contribution is 0.0681. The van der Waals surface area contributed by atoms with Crippen molar-refractivity contribution >= 4 is 0 Å². The number of nitrogens with two attached hydrogens (primary N) is 1. The van der Waals surface area contributed by atoms with Crippen molar-refractivity contribution in [2.24, 2.45) is 11.1 Å². The molecule has 2 N–H and O–H groups in total. The first-order valence-electron chi connectivity index (χ1n) is 5.32. The third-order valence-corrected chi connectivity index (χ3v) is 2.27. The van der Waals surface area contributed by atoms with Crippen LogP contribution < -0.4 is 5.73 Å². The fraction of sp³-hybridized carbons (Fsp3) is 0.583. The highest BCUT2D eigenvalue weighted by atomic mass is 16.5. The van der Waals surface area contributed by atoms with Crippen LogP contribution in [-0.4, -0.2) is 24.7 Å². The van der Waals surface area contributed by atoms with Crippen molar-refractivity contribution < 1.29 is 4.74 Å². The fourth-order valence-corrected chi connectivity index (χ4v) is 1.13. The summed E-state index contributed by atoms with van der Waals surface area (Å²) in [5.74, 6) is 0. The van der Waals surface area contributed by atoms with E-state index in [4.69, 9.17) is 10.5 Å². The van der Waals surface area contributed by atoms with Gasteiger partial charge in [-0.2, -0.15) is 0 Å². The predicted octanol–water partition coefficient (Wildman–Crippen LogP) is 1.63. The van der Waals surface area contributed by atoms with Crippen molar-refractivity contribution in [3.8, 4) is 0 Å². The Kier molecular flexibility index (Phi) is 4.72. The van der Waals surface area contributed by atoms with Crippen LogP contribution in [0.1, 0.15) is 19.5 Å². The number of hydrogen-bond acceptors (Lipinski definition) is 3. The lowest BCUT2D eigenvalue weighted by atomic mass is 9.95. The molecule has 0 aromatic carbocycles. The third-order valence-electron chi connectivity index (χ3n) is 2.27. The molecule has 0 aliphatic carbocycles. The number of hydrogen-bond donors (Lipinski definition) is 1. The lowest BCUT2D eigenvalue weighted by Crippen LogP contribution is -2.29. The van der Waals surface area contributed by atoms with Crippen molar-refractivity contribution in [2.45, 2.75) is 20.3 Å². The third kappa shape index (κ3) is 4.91. The quantitative estimate of drug-likeness (QED) is 0.723. The predicted molar refractivity (Wildman–Crippen MR) is 61.6 cm³/mol. The summed E-state index contributed by atoms with van der Waals surface area (Å²) in [6, 6.07) is 5.92. The van der Waals surface area contributed by atoms with Crippen molar-refractivity contribution in [1.29, 1.82) is 0 Å². The van der Waals surface area contributed by atoms with Gasteiger partial charge in [0.1, 0.15) is 0 Å². The zero-order valence-corrected chi connectivity index (χ0v) is 9.57. The molecule has 0 atom stereocenters. The van der Waals surface area contributed by atoms with Gasteiger partial charge in [-0.15, -0.1) is 0 Å². The van der Waals surface area contributed by atoms with Crippen LogP contribution in [0.5, 0.6) is 0 Å². The van der Waals surface area contributed by atoms with E-state index in [2.05, 4.69) is 18.8 Å². The Labute approximate surface area is 91.7 Å². The summed E-state index contributed by atoms with van der Waals surface area (Å²) in [5.41, 5.74) is 6.75. The van der Waals surface area contributed by atoms with E-state index in [1.807, 2.05) is 18.2 Å². The smallest absolute Gasteiger partial charge is 0.0529 e. The minimum absolute atomic E-state index is 0.0735. The van der Waals surface area contributed by atoms with Gasteiger partial charge in [-0.3, -0.25) is 4.98 Å². The molecule has 3 heteroatoms. The van der Waals surface area contributed by atoms with Gasteiger partial charge in [0, 0.05) is 23.7 Å².